The summed E-state index contributed by atoms with van der Waals surface area (Å²) in [6.45, 7) is 4.15. The third-order valence-electron chi connectivity index (χ3n) is 7.47. The van der Waals surface area contributed by atoms with Crippen molar-refractivity contribution < 1.29 is 19.1 Å². The van der Waals surface area contributed by atoms with Crippen molar-refractivity contribution in [1.82, 2.24) is 20.0 Å². The second kappa shape index (κ2) is 9.99. The van der Waals surface area contributed by atoms with Crippen LogP contribution in [0.15, 0.2) is 48.5 Å². The predicted molar refractivity (Wildman–Crippen MR) is 137 cm³/mol. The minimum Gasteiger partial charge on any atom is -0.497 e. The number of hydrogen-bond donors (Lipinski definition) is 1. The largest absolute Gasteiger partial charge is 0.497 e. The van der Waals surface area contributed by atoms with Crippen LogP contribution in [0.4, 0.5) is 10.5 Å². The number of carbonyl (C=O) groups is 2. The van der Waals surface area contributed by atoms with Gasteiger partial charge in [-0.05, 0) is 36.5 Å². The molecule has 2 aromatic carbocycles. The van der Waals surface area contributed by atoms with Crippen LogP contribution in [0, 0.1) is 5.92 Å². The smallest absolute Gasteiger partial charge is 0.327 e. The Morgan fingerprint density at radius 1 is 1.03 bits per heavy atom. The van der Waals surface area contributed by atoms with Gasteiger partial charge in [0, 0.05) is 32.7 Å². The van der Waals surface area contributed by atoms with Gasteiger partial charge in [0.25, 0.3) is 5.91 Å². The first kappa shape index (κ1) is 24.4. The summed E-state index contributed by atoms with van der Waals surface area (Å²) in [6, 6.07) is 15.2. The third-order valence-corrected chi connectivity index (χ3v) is 7.47. The maximum absolute atomic E-state index is 13.8. The van der Waals surface area contributed by atoms with Crippen molar-refractivity contribution in [2.24, 2.45) is 5.92 Å². The van der Waals surface area contributed by atoms with Crippen molar-refractivity contribution in [2.45, 2.75) is 38.3 Å². The molecule has 0 spiro atoms. The lowest BCUT2D eigenvalue weighted by molar-refractivity contribution is -0.138. The standard InChI is InChI=1S/C27H35N5O4/c1-18-16-31(21-13-12-20(35-3)15-22(21)36-4)26-28-24-23(32(26)17-18)25(33)30(27(34)29(24)2)14-8-11-19-9-6-5-7-10-19/h5-7,9-10,12-13,15,18,23-24,26,28H,8,11,14,16-17H2,1-4H3. The second-order valence-electron chi connectivity index (χ2n) is 9.89. The third kappa shape index (κ3) is 4.26. The van der Waals surface area contributed by atoms with Crippen LogP contribution < -0.4 is 19.7 Å². The number of amides is 3. The molecule has 1 N–H and O–H groups in total. The van der Waals surface area contributed by atoms with Crippen LogP contribution in [0.25, 0.3) is 0 Å². The molecule has 4 unspecified atom stereocenters. The number of carbonyl (C=O) groups excluding carboxylic acids is 2. The van der Waals surface area contributed by atoms with E-state index in [0.717, 1.165) is 37.4 Å². The number of rotatable bonds is 7. The zero-order valence-electron chi connectivity index (χ0n) is 21.4. The quantitative estimate of drug-likeness (QED) is 0.635. The summed E-state index contributed by atoms with van der Waals surface area (Å²) in [6.07, 6.45) is 0.928. The topological polar surface area (TPSA) is 77.6 Å². The van der Waals surface area contributed by atoms with E-state index in [0.29, 0.717) is 18.2 Å². The summed E-state index contributed by atoms with van der Waals surface area (Å²) in [7, 11) is 5.06. The fourth-order valence-electron chi connectivity index (χ4n) is 5.72. The predicted octanol–water partition coefficient (Wildman–Crippen LogP) is 2.57. The van der Waals surface area contributed by atoms with E-state index in [1.54, 1.807) is 26.2 Å². The van der Waals surface area contributed by atoms with Gasteiger partial charge in [-0.15, -0.1) is 0 Å². The monoisotopic (exact) mass is 493 g/mol. The minimum absolute atomic E-state index is 0.123. The van der Waals surface area contributed by atoms with Crippen molar-refractivity contribution in [2.75, 3.05) is 45.8 Å². The van der Waals surface area contributed by atoms with Crippen LogP contribution in [0.5, 0.6) is 11.5 Å². The van der Waals surface area contributed by atoms with Crippen molar-refractivity contribution in [3.8, 4) is 11.5 Å². The number of likely N-dealkylation sites (N-methyl/N-ethyl adjacent to an activating group) is 1. The fraction of sp³-hybridized carbons (Fsp3) is 0.481. The average molecular weight is 494 g/mol. The highest BCUT2D eigenvalue weighted by Crippen LogP contribution is 2.39. The lowest BCUT2D eigenvalue weighted by atomic mass is 10.0. The fourth-order valence-corrected chi connectivity index (χ4v) is 5.72. The number of hydrogen-bond acceptors (Lipinski definition) is 7. The Labute approximate surface area is 212 Å². The van der Waals surface area contributed by atoms with Crippen LogP contribution in [-0.2, 0) is 11.2 Å². The highest BCUT2D eigenvalue weighted by atomic mass is 16.5. The molecule has 5 rings (SSSR count). The lowest BCUT2D eigenvalue weighted by Gasteiger charge is -2.46. The molecule has 3 amide bonds. The normalized spacial score (nSPS) is 26.2. The molecule has 3 saturated heterocycles. The Morgan fingerprint density at radius 3 is 2.53 bits per heavy atom. The van der Waals surface area contributed by atoms with Gasteiger partial charge in [0.1, 0.15) is 30.0 Å². The van der Waals surface area contributed by atoms with Crippen molar-refractivity contribution in [1.29, 1.82) is 0 Å². The molecule has 0 saturated carbocycles. The van der Waals surface area contributed by atoms with Crippen LogP contribution >= 0.6 is 0 Å². The molecular formula is C27H35N5O4. The van der Waals surface area contributed by atoms with Crippen molar-refractivity contribution in [3.63, 3.8) is 0 Å². The summed E-state index contributed by atoms with van der Waals surface area (Å²) >= 11 is 0. The first-order valence-electron chi connectivity index (χ1n) is 12.6. The molecule has 36 heavy (non-hydrogen) atoms. The van der Waals surface area contributed by atoms with E-state index in [1.807, 2.05) is 36.4 Å². The van der Waals surface area contributed by atoms with Gasteiger partial charge in [0.05, 0.1) is 19.9 Å². The molecular weight excluding hydrogens is 458 g/mol. The van der Waals surface area contributed by atoms with E-state index in [-0.39, 0.29) is 18.2 Å². The summed E-state index contributed by atoms with van der Waals surface area (Å²) in [4.78, 5) is 34.5. The number of nitrogens with zero attached hydrogens (tertiary/aromatic N) is 4. The minimum atomic E-state index is -0.441. The molecule has 0 bridgehead atoms. The zero-order valence-corrected chi connectivity index (χ0v) is 21.4. The van der Waals surface area contributed by atoms with Gasteiger partial charge in [-0.25, -0.2) is 4.79 Å². The molecule has 3 aliphatic heterocycles. The van der Waals surface area contributed by atoms with E-state index >= 15 is 0 Å². The number of benzene rings is 2. The van der Waals surface area contributed by atoms with Crippen LogP contribution in [-0.4, -0.2) is 86.0 Å². The molecule has 3 fully saturated rings. The Kier molecular flexibility index (Phi) is 6.77. The Hall–Kier alpha value is -3.30. The highest BCUT2D eigenvalue weighted by Gasteiger charge is 2.56. The zero-order chi connectivity index (χ0) is 25.4. The van der Waals surface area contributed by atoms with E-state index in [4.69, 9.17) is 9.47 Å². The van der Waals surface area contributed by atoms with E-state index in [2.05, 4.69) is 34.2 Å². The number of urea groups is 1. The lowest BCUT2D eigenvalue weighted by Crippen LogP contribution is -2.66. The highest BCUT2D eigenvalue weighted by molar-refractivity contribution is 6.00. The first-order valence-corrected chi connectivity index (χ1v) is 12.6. The number of anilines is 1. The maximum atomic E-state index is 13.8. The van der Waals surface area contributed by atoms with Gasteiger partial charge < -0.3 is 19.3 Å². The average Bonchev–Trinajstić information content (AvgIpc) is 3.28. The molecule has 0 radical (unpaired) electrons. The van der Waals surface area contributed by atoms with Gasteiger partial charge in [0.2, 0.25) is 0 Å². The van der Waals surface area contributed by atoms with Gasteiger partial charge in [-0.1, -0.05) is 37.3 Å². The molecule has 3 heterocycles. The summed E-state index contributed by atoms with van der Waals surface area (Å²) in [5.41, 5.74) is 2.13. The second-order valence-corrected chi connectivity index (χ2v) is 9.89. The number of imide groups is 1. The summed E-state index contributed by atoms with van der Waals surface area (Å²) in [5, 5.41) is 3.58. The van der Waals surface area contributed by atoms with E-state index < -0.39 is 12.2 Å². The molecule has 0 aromatic heterocycles. The van der Waals surface area contributed by atoms with Gasteiger partial charge >= 0.3 is 6.03 Å². The Morgan fingerprint density at radius 2 is 1.81 bits per heavy atom. The number of ether oxygens (including phenoxy) is 2. The number of methoxy groups -OCH3 is 2. The summed E-state index contributed by atoms with van der Waals surface area (Å²) in [5.74, 6) is 1.62. The van der Waals surface area contributed by atoms with Crippen LogP contribution in [0.1, 0.15) is 18.9 Å². The number of nitrogens with one attached hydrogen (secondary N) is 1. The molecule has 0 aliphatic carbocycles. The molecule has 2 aromatic rings. The number of aryl methyl sites for hydroxylation is 1. The first-order chi connectivity index (χ1) is 17.4. The summed E-state index contributed by atoms with van der Waals surface area (Å²) < 4.78 is 11.1. The maximum Gasteiger partial charge on any atom is 0.327 e. The molecule has 192 valence electrons. The molecule has 9 heteroatoms. The Balaban J connectivity index is 1.38. The van der Waals surface area contributed by atoms with Gasteiger partial charge in [0.15, 0.2) is 0 Å². The Bertz CT molecular complexity index is 1110. The van der Waals surface area contributed by atoms with E-state index in [1.165, 1.54) is 10.5 Å². The van der Waals surface area contributed by atoms with Crippen LogP contribution in [0.2, 0.25) is 0 Å². The number of fused-ring (bicyclic) bond motifs is 3. The van der Waals surface area contributed by atoms with Crippen LogP contribution in [0.3, 0.4) is 0 Å². The van der Waals surface area contributed by atoms with E-state index in [9.17, 15) is 9.59 Å². The molecule has 9 nitrogen and oxygen atoms in total. The van der Waals surface area contributed by atoms with Crippen molar-refractivity contribution in [3.05, 3.63) is 54.1 Å². The SMILES string of the molecule is COc1ccc(N2CC(C)CN3C4C(=O)N(CCCc5ccccc5)C(=O)N(C)C4NC23)c(OC)c1. The van der Waals surface area contributed by atoms with Gasteiger partial charge in [-0.2, -0.15) is 0 Å². The molecule has 3 aliphatic rings. The molecule has 4 atom stereocenters. The van der Waals surface area contributed by atoms with Crippen molar-refractivity contribution >= 4 is 17.6 Å². The van der Waals surface area contributed by atoms with Gasteiger partial charge in [-0.3, -0.25) is 19.9 Å².